The largest absolute Gasteiger partial charge is 0.370 e. The van der Waals surface area contributed by atoms with Gasteiger partial charge < -0.3 is 5.32 Å². The monoisotopic (exact) mass is 265 g/mol. The first kappa shape index (κ1) is 12.3. The first-order valence-electron chi connectivity index (χ1n) is 6.52. The molecule has 0 radical (unpaired) electrons. The Hall–Kier alpha value is -2.69. The van der Waals surface area contributed by atoms with E-state index < -0.39 is 0 Å². The molecular weight excluding hydrogens is 250 g/mol. The van der Waals surface area contributed by atoms with E-state index in [1.165, 1.54) is 5.56 Å². The van der Waals surface area contributed by atoms with Gasteiger partial charge in [0, 0.05) is 25.0 Å². The van der Waals surface area contributed by atoms with E-state index >= 15 is 0 Å². The molecule has 0 atom stereocenters. The lowest BCUT2D eigenvalue weighted by atomic mass is 10.1. The van der Waals surface area contributed by atoms with Crippen LogP contribution in [0.5, 0.6) is 0 Å². The Morgan fingerprint density at radius 3 is 2.75 bits per heavy atom. The standard InChI is InChI=1S/C15H15N5/c1-2-5-13(6-3-1)7-9-16-14-11-15(18-12-17-14)20-10-4-8-19-20/h1-6,8,10-12H,7,9H2,(H,16,17,18). The van der Waals surface area contributed by atoms with Crippen molar-refractivity contribution in [2.75, 3.05) is 11.9 Å². The summed E-state index contributed by atoms with van der Waals surface area (Å²) in [6.45, 7) is 0.833. The molecule has 0 saturated carbocycles. The minimum atomic E-state index is 0.757. The Labute approximate surface area is 117 Å². The first-order chi connectivity index (χ1) is 9.92. The summed E-state index contributed by atoms with van der Waals surface area (Å²) in [4.78, 5) is 8.41. The fraction of sp³-hybridized carbons (Fsp3) is 0.133. The molecule has 1 N–H and O–H groups in total. The van der Waals surface area contributed by atoms with E-state index in [2.05, 4.69) is 44.6 Å². The van der Waals surface area contributed by atoms with Crippen molar-refractivity contribution in [3.05, 3.63) is 66.7 Å². The zero-order valence-electron chi connectivity index (χ0n) is 11.0. The van der Waals surface area contributed by atoms with E-state index in [-0.39, 0.29) is 0 Å². The van der Waals surface area contributed by atoms with Gasteiger partial charge in [0.15, 0.2) is 5.82 Å². The zero-order chi connectivity index (χ0) is 13.6. The van der Waals surface area contributed by atoms with Crippen molar-refractivity contribution in [3.8, 4) is 5.82 Å². The Bertz CT molecular complexity index is 649. The predicted molar refractivity (Wildman–Crippen MR) is 77.8 cm³/mol. The van der Waals surface area contributed by atoms with Gasteiger partial charge in [-0.2, -0.15) is 5.10 Å². The molecule has 100 valence electrons. The molecule has 0 aliphatic carbocycles. The second-order valence-electron chi connectivity index (χ2n) is 4.37. The molecule has 20 heavy (non-hydrogen) atoms. The Balaban J connectivity index is 1.62. The molecule has 5 heteroatoms. The molecule has 0 amide bonds. The molecule has 3 rings (SSSR count). The minimum Gasteiger partial charge on any atom is -0.370 e. The van der Waals surface area contributed by atoms with Gasteiger partial charge in [-0.1, -0.05) is 30.3 Å². The molecular formula is C15H15N5. The number of rotatable bonds is 5. The van der Waals surface area contributed by atoms with Crippen molar-refractivity contribution in [3.63, 3.8) is 0 Å². The Kier molecular flexibility index (Phi) is 3.68. The van der Waals surface area contributed by atoms with Crippen molar-refractivity contribution in [1.82, 2.24) is 19.7 Å². The number of aromatic nitrogens is 4. The Morgan fingerprint density at radius 2 is 1.95 bits per heavy atom. The lowest BCUT2D eigenvalue weighted by molar-refractivity contribution is 0.838. The SMILES string of the molecule is c1ccc(CCNc2cc(-n3cccn3)ncn2)cc1. The second kappa shape index (κ2) is 5.97. The fourth-order valence-corrected chi connectivity index (χ4v) is 1.95. The van der Waals surface area contributed by atoms with Crippen LogP contribution in [0, 0.1) is 0 Å². The van der Waals surface area contributed by atoms with Crippen LogP contribution in [0.2, 0.25) is 0 Å². The summed E-state index contributed by atoms with van der Waals surface area (Å²) in [6.07, 6.45) is 6.09. The quantitative estimate of drug-likeness (QED) is 0.769. The molecule has 1 aromatic carbocycles. The van der Waals surface area contributed by atoms with Crippen molar-refractivity contribution in [2.45, 2.75) is 6.42 Å². The summed E-state index contributed by atoms with van der Waals surface area (Å²) in [7, 11) is 0. The van der Waals surface area contributed by atoms with Gasteiger partial charge in [-0.05, 0) is 18.1 Å². The van der Waals surface area contributed by atoms with Gasteiger partial charge in [0.25, 0.3) is 0 Å². The van der Waals surface area contributed by atoms with Crippen LogP contribution in [0.25, 0.3) is 5.82 Å². The summed E-state index contributed by atoms with van der Waals surface area (Å²) < 4.78 is 1.71. The number of nitrogens with one attached hydrogen (secondary N) is 1. The lowest BCUT2D eigenvalue weighted by Gasteiger charge is -2.07. The minimum absolute atomic E-state index is 0.757. The summed E-state index contributed by atoms with van der Waals surface area (Å²) >= 11 is 0. The molecule has 0 saturated heterocycles. The van der Waals surface area contributed by atoms with Crippen LogP contribution in [0.4, 0.5) is 5.82 Å². The van der Waals surface area contributed by atoms with E-state index in [0.717, 1.165) is 24.6 Å². The molecule has 2 aromatic heterocycles. The number of anilines is 1. The highest BCUT2D eigenvalue weighted by Gasteiger charge is 2.00. The maximum Gasteiger partial charge on any atom is 0.158 e. The second-order valence-corrected chi connectivity index (χ2v) is 4.37. The normalized spacial score (nSPS) is 10.4. The highest BCUT2D eigenvalue weighted by Crippen LogP contribution is 2.08. The van der Waals surface area contributed by atoms with Crippen LogP contribution >= 0.6 is 0 Å². The van der Waals surface area contributed by atoms with Gasteiger partial charge in [-0.25, -0.2) is 14.6 Å². The molecule has 0 aliphatic rings. The third-order valence-corrected chi connectivity index (χ3v) is 2.95. The van der Waals surface area contributed by atoms with Crippen LogP contribution in [0.15, 0.2) is 61.2 Å². The topological polar surface area (TPSA) is 55.6 Å². The molecule has 0 spiro atoms. The number of hydrogen-bond acceptors (Lipinski definition) is 4. The number of nitrogens with zero attached hydrogens (tertiary/aromatic N) is 4. The van der Waals surface area contributed by atoms with Gasteiger partial charge in [-0.3, -0.25) is 0 Å². The molecule has 0 fully saturated rings. The van der Waals surface area contributed by atoms with E-state index in [9.17, 15) is 0 Å². The maximum absolute atomic E-state index is 4.22. The first-order valence-corrected chi connectivity index (χ1v) is 6.52. The number of benzene rings is 1. The third-order valence-electron chi connectivity index (χ3n) is 2.95. The van der Waals surface area contributed by atoms with E-state index in [0.29, 0.717) is 0 Å². The van der Waals surface area contributed by atoms with Crippen molar-refractivity contribution in [2.24, 2.45) is 0 Å². The third kappa shape index (κ3) is 3.00. The van der Waals surface area contributed by atoms with Crippen molar-refractivity contribution >= 4 is 5.82 Å². The number of hydrogen-bond donors (Lipinski definition) is 1. The summed E-state index contributed by atoms with van der Waals surface area (Å²) in [6, 6.07) is 14.1. The van der Waals surface area contributed by atoms with Gasteiger partial charge >= 0.3 is 0 Å². The van der Waals surface area contributed by atoms with E-state index in [4.69, 9.17) is 0 Å². The molecule has 0 bridgehead atoms. The highest BCUT2D eigenvalue weighted by molar-refractivity contribution is 5.40. The molecule has 0 aliphatic heterocycles. The molecule has 0 unspecified atom stereocenters. The summed E-state index contributed by atoms with van der Waals surface area (Å²) in [5, 5.41) is 7.46. The summed E-state index contributed by atoms with van der Waals surface area (Å²) in [5.41, 5.74) is 1.31. The molecule has 5 nitrogen and oxygen atoms in total. The van der Waals surface area contributed by atoms with E-state index in [1.54, 1.807) is 17.2 Å². The molecule has 2 heterocycles. The van der Waals surface area contributed by atoms with Crippen LogP contribution < -0.4 is 5.32 Å². The van der Waals surface area contributed by atoms with Crippen LogP contribution in [-0.4, -0.2) is 26.3 Å². The maximum atomic E-state index is 4.22. The lowest BCUT2D eigenvalue weighted by Crippen LogP contribution is -2.08. The van der Waals surface area contributed by atoms with Crippen molar-refractivity contribution < 1.29 is 0 Å². The van der Waals surface area contributed by atoms with Gasteiger partial charge in [0.05, 0.1) is 0 Å². The Morgan fingerprint density at radius 1 is 1.05 bits per heavy atom. The van der Waals surface area contributed by atoms with Crippen LogP contribution in [0.3, 0.4) is 0 Å². The zero-order valence-corrected chi connectivity index (χ0v) is 11.0. The van der Waals surface area contributed by atoms with Crippen LogP contribution in [-0.2, 0) is 6.42 Å². The van der Waals surface area contributed by atoms with Crippen LogP contribution in [0.1, 0.15) is 5.56 Å². The fourth-order valence-electron chi connectivity index (χ4n) is 1.95. The van der Waals surface area contributed by atoms with Gasteiger partial charge in [-0.15, -0.1) is 0 Å². The predicted octanol–water partition coefficient (Wildman–Crippen LogP) is 2.32. The average molecular weight is 265 g/mol. The summed E-state index contributed by atoms with van der Waals surface area (Å²) in [5.74, 6) is 1.56. The molecule has 3 aromatic rings. The van der Waals surface area contributed by atoms with Crippen molar-refractivity contribution in [1.29, 1.82) is 0 Å². The average Bonchev–Trinajstić information content (AvgIpc) is 3.03. The smallest absolute Gasteiger partial charge is 0.158 e. The highest BCUT2D eigenvalue weighted by atomic mass is 15.3. The van der Waals surface area contributed by atoms with Gasteiger partial charge in [0.1, 0.15) is 12.1 Å². The van der Waals surface area contributed by atoms with Gasteiger partial charge in [0.2, 0.25) is 0 Å². The van der Waals surface area contributed by atoms with E-state index in [1.807, 2.05) is 24.4 Å².